The van der Waals surface area contributed by atoms with Crippen LogP contribution < -0.4 is 0 Å². The lowest BCUT2D eigenvalue weighted by atomic mass is 9.84. The van der Waals surface area contributed by atoms with Crippen molar-refractivity contribution < 1.29 is 5.11 Å². The van der Waals surface area contributed by atoms with Gasteiger partial charge in [-0.3, -0.25) is 0 Å². The zero-order valence-electron chi connectivity index (χ0n) is 7.54. The molecule has 0 aromatic heterocycles. The summed E-state index contributed by atoms with van der Waals surface area (Å²) in [6.45, 7) is 0.444. The minimum atomic E-state index is 0.444. The fourth-order valence-corrected chi connectivity index (χ4v) is 3.49. The minimum Gasteiger partial charge on any atom is -0.396 e. The molecule has 1 unspecified atom stereocenters. The second-order valence-corrected chi connectivity index (χ2v) is 5.36. The number of rotatable bonds is 3. The summed E-state index contributed by atoms with van der Waals surface area (Å²) in [6.07, 6.45) is 5.47. The molecule has 2 heteroatoms. The summed E-state index contributed by atoms with van der Waals surface area (Å²) in [4.78, 5) is 0. The topological polar surface area (TPSA) is 20.2 Å². The van der Waals surface area contributed by atoms with E-state index in [4.69, 9.17) is 0 Å². The highest BCUT2D eigenvalue weighted by Gasteiger charge is 2.36. The molecule has 70 valence electrons. The second kappa shape index (κ2) is 4.01. The lowest BCUT2D eigenvalue weighted by Gasteiger charge is -2.28. The Morgan fingerprint density at radius 1 is 1.08 bits per heavy atom. The predicted octanol–water partition coefficient (Wildman–Crippen LogP) is 2.15. The molecule has 1 nitrogen and oxygen atoms in total. The molecule has 2 aliphatic rings. The number of aliphatic hydroxyl groups excluding tert-OH is 1. The van der Waals surface area contributed by atoms with Gasteiger partial charge >= 0.3 is 0 Å². The molecule has 1 saturated heterocycles. The molecule has 0 aromatic rings. The van der Waals surface area contributed by atoms with Crippen molar-refractivity contribution >= 4 is 11.8 Å². The number of thioether (sulfide) groups is 1. The van der Waals surface area contributed by atoms with Crippen molar-refractivity contribution in [3.05, 3.63) is 0 Å². The summed E-state index contributed by atoms with van der Waals surface area (Å²) >= 11 is 2.08. The van der Waals surface area contributed by atoms with E-state index in [1.54, 1.807) is 0 Å². The Morgan fingerprint density at radius 2 is 1.67 bits per heavy atom. The van der Waals surface area contributed by atoms with Crippen LogP contribution in [0, 0.1) is 17.8 Å². The van der Waals surface area contributed by atoms with Crippen molar-refractivity contribution in [1.29, 1.82) is 0 Å². The van der Waals surface area contributed by atoms with Gasteiger partial charge < -0.3 is 5.11 Å². The van der Waals surface area contributed by atoms with Crippen LogP contribution in [0.1, 0.15) is 25.7 Å². The lowest BCUT2D eigenvalue weighted by molar-refractivity contribution is 0.149. The van der Waals surface area contributed by atoms with E-state index < -0.39 is 0 Å². The third-order valence-corrected chi connectivity index (χ3v) is 4.36. The van der Waals surface area contributed by atoms with E-state index in [0.717, 1.165) is 11.8 Å². The molecule has 2 rings (SSSR count). The van der Waals surface area contributed by atoms with Crippen LogP contribution in [0.2, 0.25) is 0 Å². The van der Waals surface area contributed by atoms with Crippen molar-refractivity contribution in [3.8, 4) is 0 Å². The number of hydrogen-bond donors (Lipinski definition) is 1. The molecule has 1 N–H and O–H groups in total. The van der Waals surface area contributed by atoms with Crippen LogP contribution in [0.4, 0.5) is 0 Å². The van der Waals surface area contributed by atoms with Gasteiger partial charge in [0.25, 0.3) is 0 Å². The van der Waals surface area contributed by atoms with Gasteiger partial charge in [-0.1, -0.05) is 0 Å². The molecule has 12 heavy (non-hydrogen) atoms. The maximum Gasteiger partial charge on any atom is 0.0464 e. The van der Waals surface area contributed by atoms with Gasteiger partial charge in [-0.15, -0.1) is 0 Å². The normalized spacial score (nSPS) is 28.8. The van der Waals surface area contributed by atoms with Gasteiger partial charge in [0.2, 0.25) is 0 Å². The van der Waals surface area contributed by atoms with E-state index in [2.05, 4.69) is 11.8 Å². The molecule has 1 heterocycles. The van der Waals surface area contributed by atoms with Crippen LogP contribution >= 0.6 is 11.8 Å². The molecule has 0 amide bonds. The first kappa shape index (κ1) is 8.89. The standard InChI is InChI=1S/C10H18OS/c11-7-10(8-1-2-8)9-3-5-12-6-4-9/h8-11H,1-7H2. The molecular weight excluding hydrogens is 168 g/mol. The van der Waals surface area contributed by atoms with Gasteiger partial charge in [0.1, 0.15) is 0 Å². The van der Waals surface area contributed by atoms with Crippen LogP contribution in [-0.2, 0) is 0 Å². The summed E-state index contributed by atoms with van der Waals surface area (Å²) in [5, 5.41) is 9.28. The SMILES string of the molecule is OCC(C1CCSCC1)C1CC1. The zero-order valence-corrected chi connectivity index (χ0v) is 8.35. The zero-order chi connectivity index (χ0) is 8.39. The average Bonchev–Trinajstić information content (AvgIpc) is 2.92. The van der Waals surface area contributed by atoms with Crippen molar-refractivity contribution in [1.82, 2.24) is 0 Å². The third kappa shape index (κ3) is 1.97. The molecule has 1 atom stereocenters. The Hall–Kier alpha value is 0.310. The van der Waals surface area contributed by atoms with E-state index in [0.29, 0.717) is 12.5 Å². The highest BCUT2D eigenvalue weighted by atomic mass is 32.2. The van der Waals surface area contributed by atoms with Gasteiger partial charge in [0, 0.05) is 6.61 Å². The smallest absolute Gasteiger partial charge is 0.0464 e. The molecular formula is C10H18OS. The van der Waals surface area contributed by atoms with E-state index in [1.807, 2.05) is 0 Å². The fourth-order valence-electron chi connectivity index (χ4n) is 2.35. The van der Waals surface area contributed by atoms with E-state index in [-0.39, 0.29) is 0 Å². The summed E-state index contributed by atoms with van der Waals surface area (Å²) in [5.41, 5.74) is 0. The molecule has 0 radical (unpaired) electrons. The Labute approximate surface area is 78.9 Å². The van der Waals surface area contributed by atoms with Crippen LogP contribution in [0.25, 0.3) is 0 Å². The molecule has 0 spiro atoms. The van der Waals surface area contributed by atoms with Crippen LogP contribution in [0.5, 0.6) is 0 Å². The van der Waals surface area contributed by atoms with Gasteiger partial charge in [-0.25, -0.2) is 0 Å². The maximum absolute atomic E-state index is 9.28. The first-order valence-corrected chi connectivity index (χ1v) is 6.26. The monoisotopic (exact) mass is 186 g/mol. The molecule has 2 fully saturated rings. The predicted molar refractivity (Wildman–Crippen MR) is 53.3 cm³/mol. The summed E-state index contributed by atoms with van der Waals surface area (Å²) in [6, 6.07) is 0. The Morgan fingerprint density at radius 3 is 2.17 bits per heavy atom. The van der Waals surface area contributed by atoms with Crippen molar-refractivity contribution in [2.45, 2.75) is 25.7 Å². The van der Waals surface area contributed by atoms with Crippen molar-refractivity contribution in [3.63, 3.8) is 0 Å². The molecule has 1 aliphatic heterocycles. The quantitative estimate of drug-likeness (QED) is 0.729. The fraction of sp³-hybridized carbons (Fsp3) is 1.00. The van der Waals surface area contributed by atoms with Crippen LogP contribution in [0.3, 0.4) is 0 Å². The van der Waals surface area contributed by atoms with E-state index in [9.17, 15) is 5.11 Å². The second-order valence-electron chi connectivity index (χ2n) is 4.13. The van der Waals surface area contributed by atoms with E-state index in [1.165, 1.54) is 37.2 Å². The summed E-state index contributed by atoms with van der Waals surface area (Å²) in [7, 11) is 0. The first-order valence-electron chi connectivity index (χ1n) is 5.10. The highest BCUT2D eigenvalue weighted by molar-refractivity contribution is 7.99. The minimum absolute atomic E-state index is 0.444. The molecule has 1 aliphatic carbocycles. The Balaban J connectivity index is 1.85. The summed E-state index contributed by atoms with van der Waals surface area (Å²) in [5.74, 6) is 5.06. The van der Waals surface area contributed by atoms with Gasteiger partial charge in [0.15, 0.2) is 0 Å². The van der Waals surface area contributed by atoms with Gasteiger partial charge in [0.05, 0.1) is 0 Å². The summed E-state index contributed by atoms with van der Waals surface area (Å²) < 4.78 is 0. The Bertz CT molecular complexity index is 139. The van der Waals surface area contributed by atoms with Gasteiger partial charge in [-0.2, -0.15) is 11.8 Å². The highest BCUT2D eigenvalue weighted by Crippen LogP contribution is 2.43. The molecule has 0 aromatic carbocycles. The van der Waals surface area contributed by atoms with Gasteiger partial charge in [-0.05, 0) is 54.9 Å². The van der Waals surface area contributed by atoms with Crippen LogP contribution in [0.15, 0.2) is 0 Å². The first-order chi connectivity index (χ1) is 5.92. The van der Waals surface area contributed by atoms with Crippen LogP contribution in [-0.4, -0.2) is 23.2 Å². The number of hydrogen-bond acceptors (Lipinski definition) is 2. The average molecular weight is 186 g/mol. The van der Waals surface area contributed by atoms with Crippen molar-refractivity contribution in [2.75, 3.05) is 18.1 Å². The van der Waals surface area contributed by atoms with Crippen molar-refractivity contribution in [2.24, 2.45) is 17.8 Å². The lowest BCUT2D eigenvalue weighted by Crippen LogP contribution is -2.24. The van der Waals surface area contributed by atoms with E-state index >= 15 is 0 Å². The maximum atomic E-state index is 9.28. The largest absolute Gasteiger partial charge is 0.396 e. The Kier molecular flexibility index (Phi) is 2.97. The molecule has 0 bridgehead atoms. The molecule has 1 saturated carbocycles. The number of aliphatic hydroxyl groups is 1. The third-order valence-electron chi connectivity index (χ3n) is 3.31.